The highest BCUT2D eigenvalue weighted by Gasteiger charge is 2.45. The van der Waals surface area contributed by atoms with E-state index in [1.807, 2.05) is 59.4 Å². The van der Waals surface area contributed by atoms with Crippen LogP contribution in [0.2, 0.25) is 0 Å². The van der Waals surface area contributed by atoms with Gasteiger partial charge in [-0.25, -0.2) is 22.0 Å². The lowest BCUT2D eigenvalue weighted by atomic mass is 9.99. The van der Waals surface area contributed by atoms with E-state index in [1.165, 1.54) is 96.9 Å². The van der Waals surface area contributed by atoms with E-state index in [9.17, 15) is 58.7 Å². The van der Waals surface area contributed by atoms with Gasteiger partial charge in [-0.3, -0.25) is 33.6 Å². The Hall–Kier alpha value is -9.18. The van der Waals surface area contributed by atoms with Crippen LogP contribution in [0.4, 0.5) is 45.2 Å². The van der Waals surface area contributed by atoms with Gasteiger partial charge in [0.25, 0.3) is 11.8 Å². The van der Waals surface area contributed by atoms with Crippen LogP contribution in [-0.4, -0.2) is 84.4 Å². The molecule has 2 saturated heterocycles. The summed E-state index contributed by atoms with van der Waals surface area (Å²) in [5.41, 5.74) is 11.5. The van der Waals surface area contributed by atoms with Crippen molar-refractivity contribution in [3.63, 3.8) is 0 Å². The number of H-pyrrole nitrogens is 1. The van der Waals surface area contributed by atoms with Gasteiger partial charge >= 0.3 is 11.8 Å². The third-order valence-electron chi connectivity index (χ3n) is 14.7. The topological polar surface area (TPSA) is 198 Å². The second kappa shape index (κ2) is 33.0. The molecule has 4 atom stereocenters. The van der Waals surface area contributed by atoms with Gasteiger partial charge in [0.2, 0.25) is 11.8 Å². The Morgan fingerprint density at radius 2 is 1.02 bits per heavy atom. The SMILES string of the molecule is Brc1ccc2[nH]ncc2c1.CC(F)(F)C(=O)N[C@H]1CC(=O)N(c2ccc3c(cnn3Cc3cccc(F)c3)c2)[C@@H]1c1ccc(F)cc1.CC(F)(F)C(=O)N[C@H]1CC(=O)N[C@@H]1c1ccc(F)cc1.CN.Fc1cccc(CBr)c1.Fc1cccc(Cn2ncc3cc(Br)ccc32)c1. The van der Waals surface area contributed by atoms with Crippen molar-refractivity contribution in [2.75, 3.05) is 11.9 Å². The summed E-state index contributed by atoms with van der Waals surface area (Å²) < 4.78 is 124. The molecule has 2 fully saturated rings. The third-order valence-corrected chi connectivity index (χ3v) is 16.3. The van der Waals surface area contributed by atoms with E-state index in [-0.39, 0.29) is 42.1 Å². The van der Waals surface area contributed by atoms with Gasteiger partial charge in [0.15, 0.2) is 0 Å². The number of amides is 4. The molecule has 0 spiro atoms. The first-order valence-corrected chi connectivity index (χ1v) is 32.0. The number of rotatable bonds is 12. The van der Waals surface area contributed by atoms with Crippen LogP contribution < -0.4 is 26.6 Å². The Morgan fingerprint density at radius 1 is 0.552 bits per heavy atom. The molecule has 96 heavy (non-hydrogen) atoms. The zero-order chi connectivity index (χ0) is 69.4. The fourth-order valence-electron chi connectivity index (χ4n) is 10.3. The highest BCUT2D eigenvalue weighted by Crippen LogP contribution is 2.39. The number of carbonyl (C=O) groups is 4. The summed E-state index contributed by atoms with van der Waals surface area (Å²) in [6, 6.07) is 43.9. The molecule has 6 N–H and O–H groups in total. The van der Waals surface area contributed by atoms with E-state index in [0.717, 1.165) is 53.0 Å². The number of alkyl halides is 5. The predicted octanol–water partition coefficient (Wildman–Crippen LogP) is 15.1. The summed E-state index contributed by atoms with van der Waals surface area (Å²) in [5, 5.41) is 26.1. The molecular formula is C69H61Br3F9N11O4. The van der Waals surface area contributed by atoms with E-state index in [2.05, 4.69) is 89.9 Å². The molecular weight excluding hydrogens is 1460 g/mol. The van der Waals surface area contributed by atoms with Crippen molar-refractivity contribution in [3.05, 3.63) is 260 Å². The van der Waals surface area contributed by atoms with Crippen LogP contribution in [0, 0.1) is 29.1 Å². The van der Waals surface area contributed by atoms with Gasteiger partial charge in [-0.05, 0) is 150 Å². The van der Waals surface area contributed by atoms with Gasteiger partial charge < -0.3 is 26.6 Å². The van der Waals surface area contributed by atoms with Crippen LogP contribution in [0.1, 0.15) is 66.6 Å². The summed E-state index contributed by atoms with van der Waals surface area (Å²) >= 11 is 10.0. The molecule has 8 aromatic carbocycles. The fraction of sp³-hybridized carbons (Fsp3) is 0.203. The predicted molar refractivity (Wildman–Crippen MR) is 359 cm³/mol. The number of benzene rings is 8. The molecule has 0 saturated carbocycles. The minimum atomic E-state index is -3.63. The number of aromatic amines is 1. The minimum absolute atomic E-state index is 0.0934. The molecule has 4 amide bonds. The zero-order valence-corrected chi connectivity index (χ0v) is 56.0. The molecule has 11 aromatic rings. The Balaban J connectivity index is 0.000000168. The third kappa shape index (κ3) is 19.7. The Kier molecular flexibility index (Phi) is 25.0. The fourth-order valence-corrected chi connectivity index (χ4v) is 11.4. The van der Waals surface area contributed by atoms with Gasteiger partial charge in [0.1, 0.15) is 29.1 Å². The number of halogens is 12. The van der Waals surface area contributed by atoms with Gasteiger partial charge in [-0.1, -0.05) is 108 Å². The van der Waals surface area contributed by atoms with Crippen LogP contribution in [0.25, 0.3) is 32.7 Å². The van der Waals surface area contributed by atoms with Crippen LogP contribution >= 0.6 is 47.8 Å². The molecule has 5 heterocycles. The molecule has 0 radical (unpaired) electrons. The second-order valence-electron chi connectivity index (χ2n) is 21.9. The van der Waals surface area contributed by atoms with Gasteiger partial charge in [-0.15, -0.1) is 0 Å². The summed E-state index contributed by atoms with van der Waals surface area (Å²) in [4.78, 5) is 49.3. The summed E-state index contributed by atoms with van der Waals surface area (Å²) in [7, 11) is 1.50. The van der Waals surface area contributed by atoms with Crippen molar-refractivity contribution in [2.45, 2.75) is 81.1 Å². The van der Waals surface area contributed by atoms with Crippen LogP contribution in [0.3, 0.4) is 0 Å². The van der Waals surface area contributed by atoms with E-state index < -0.39 is 59.5 Å². The zero-order valence-electron chi connectivity index (χ0n) is 51.2. The lowest BCUT2D eigenvalue weighted by molar-refractivity contribution is -0.144. The Morgan fingerprint density at radius 3 is 1.53 bits per heavy atom. The van der Waals surface area contributed by atoms with Gasteiger partial charge in [-0.2, -0.15) is 32.9 Å². The first-order chi connectivity index (χ1) is 45.8. The lowest BCUT2D eigenvalue weighted by Crippen LogP contribution is -2.46. The second-order valence-corrected chi connectivity index (χ2v) is 24.3. The molecule has 2 aliphatic rings. The normalized spacial score (nSPS) is 15.7. The maximum atomic E-state index is 13.6. The standard InChI is InChI=1S/C27H22F4N4O2.C14H10BrFN2.C13H13F3N2O2.C7H6BrF.C7H5BrN2.CH5N/c1-27(30,31)26(37)33-22-13-24(36)35(25(22)17-5-7-19(28)8-6-17)21-9-10-23-18(12-21)14-32-34(23)15-16-3-2-4-20(29)11-16;15-12-4-5-14-11(7-12)8-17-18(14)9-10-2-1-3-13(16)6-10;1-13(15,16)12(20)17-9-6-10(19)18-11(9)7-2-4-8(14)5-3-7;8-5-6-2-1-3-7(9)4-6;8-6-1-2-7-5(3-6)4-9-10-7;1-2/h2-12,14,22,25H,13,15H2,1H3,(H,33,37);1-8H,9H2;2-5,9,11H,6H2,1H3,(H,17,20)(H,18,19);1-4H,5H2;1-4H,(H,9,10);2H2,1H3/t22-,25+;;9-,11+;;;/m0.0.../s1. The average Bonchev–Trinajstić information content (AvgIpc) is 1.61. The first kappa shape index (κ1) is 72.6. The number of nitrogens with two attached hydrogens (primary N) is 1. The van der Waals surface area contributed by atoms with Gasteiger partial charge in [0.05, 0.1) is 72.4 Å². The maximum Gasteiger partial charge on any atom is 0.321 e. The molecule has 0 unspecified atom stereocenters. The van der Waals surface area contributed by atoms with Gasteiger partial charge in [0, 0.05) is 62.8 Å². The molecule has 2 aliphatic heterocycles. The van der Waals surface area contributed by atoms with Crippen LogP contribution in [-0.2, 0) is 37.6 Å². The molecule has 27 heteroatoms. The number of aromatic nitrogens is 6. The molecule has 13 rings (SSSR count). The van der Waals surface area contributed by atoms with Crippen molar-refractivity contribution >= 4 is 110 Å². The van der Waals surface area contributed by atoms with E-state index in [0.29, 0.717) is 54.5 Å². The highest BCUT2D eigenvalue weighted by molar-refractivity contribution is 9.10. The Labute approximate surface area is 570 Å². The number of nitrogens with one attached hydrogen (secondary N) is 4. The van der Waals surface area contributed by atoms with Crippen molar-refractivity contribution in [3.8, 4) is 0 Å². The number of carbonyl (C=O) groups excluding carboxylic acids is 4. The van der Waals surface area contributed by atoms with Crippen molar-refractivity contribution in [2.24, 2.45) is 5.73 Å². The largest absolute Gasteiger partial charge is 0.347 e. The van der Waals surface area contributed by atoms with E-state index in [4.69, 9.17) is 0 Å². The lowest BCUT2D eigenvalue weighted by Gasteiger charge is -2.29. The molecule has 15 nitrogen and oxygen atoms in total. The van der Waals surface area contributed by atoms with Crippen molar-refractivity contribution in [1.29, 1.82) is 0 Å². The maximum absolute atomic E-state index is 13.6. The molecule has 500 valence electrons. The van der Waals surface area contributed by atoms with Crippen LogP contribution in [0.5, 0.6) is 0 Å². The van der Waals surface area contributed by atoms with Crippen molar-refractivity contribution < 1.29 is 58.7 Å². The summed E-state index contributed by atoms with van der Waals surface area (Å²) in [5.74, 6) is -12.5. The highest BCUT2D eigenvalue weighted by atomic mass is 79.9. The summed E-state index contributed by atoms with van der Waals surface area (Å²) in [6.45, 7) is 1.88. The number of hydrogen-bond donors (Lipinski definition) is 5. The first-order valence-electron chi connectivity index (χ1n) is 29.3. The quantitative estimate of drug-likeness (QED) is 0.0588. The average molecular weight is 1520 g/mol. The van der Waals surface area contributed by atoms with E-state index in [1.54, 1.807) is 59.5 Å². The smallest absolute Gasteiger partial charge is 0.321 e. The molecule has 0 bridgehead atoms. The number of anilines is 1. The van der Waals surface area contributed by atoms with E-state index >= 15 is 0 Å². The number of hydrogen-bond acceptors (Lipinski definition) is 8. The monoisotopic (exact) mass is 1520 g/mol. The van der Waals surface area contributed by atoms with Crippen molar-refractivity contribution in [1.82, 2.24) is 45.7 Å². The molecule has 3 aromatic heterocycles. The minimum Gasteiger partial charge on any atom is -0.347 e. The molecule has 0 aliphatic carbocycles. The van der Waals surface area contributed by atoms with Crippen LogP contribution in [0.15, 0.2) is 203 Å². The summed E-state index contributed by atoms with van der Waals surface area (Å²) in [6.07, 6.45) is 4.94. The number of nitrogens with zero attached hydrogens (tertiary/aromatic N) is 6. The Bertz CT molecular complexity index is 4470. The number of fused-ring (bicyclic) bond motifs is 3.